The van der Waals surface area contributed by atoms with Crippen LogP contribution in [0.1, 0.15) is 36.7 Å². The van der Waals surface area contributed by atoms with E-state index in [0.29, 0.717) is 0 Å². The number of hydrogen-bond acceptors (Lipinski definition) is 3. The van der Waals surface area contributed by atoms with E-state index < -0.39 is 0 Å². The zero-order valence-electron chi connectivity index (χ0n) is 8.58. The van der Waals surface area contributed by atoms with Gasteiger partial charge in [0.15, 0.2) is 0 Å². The molecule has 15 heavy (non-hydrogen) atoms. The van der Waals surface area contributed by atoms with Crippen molar-refractivity contribution in [2.45, 2.75) is 37.8 Å². The second kappa shape index (κ2) is 5.43. The maximum atomic E-state index is 10.3. The molecule has 2 unspecified atom stereocenters. The summed E-state index contributed by atoms with van der Waals surface area (Å²) in [4.78, 5) is 1.05. The van der Waals surface area contributed by atoms with Crippen molar-refractivity contribution in [2.75, 3.05) is 6.54 Å². The molecule has 2 atom stereocenters. The maximum Gasteiger partial charge on any atom is 0.105 e. The Labute approximate surface area is 103 Å². The number of aliphatic hydroxyl groups is 1. The second-order valence-electron chi connectivity index (χ2n) is 3.99. The van der Waals surface area contributed by atoms with Gasteiger partial charge in [0.2, 0.25) is 0 Å². The van der Waals surface area contributed by atoms with Crippen LogP contribution in [-0.4, -0.2) is 17.7 Å². The van der Waals surface area contributed by atoms with Crippen LogP contribution in [0.3, 0.4) is 0 Å². The molecule has 0 amide bonds. The van der Waals surface area contributed by atoms with Gasteiger partial charge in [0.1, 0.15) is 6.10 Å². The topological polar surface area (TPSA) is 32.3 Å². The minimum atomic E-state index is -0.363. The molecule has 2 N–H and O–H groups in total. The number of rotatable bonds is 2. The molecule has 1 aromatic rings. The summed E-state index contributed by atoms with van der Waals surface area (Å²) in [5.41, 5.74) is 0. The molecule has 0 saturated carbocycles. The van der Waals surface area contributed by atoms with E-state index in [2.05, 4.69) is 21.2 Å². The Morgan fingerprint density at radius 3 is 3.07 bits per heavy atom. The van der Waals surface area contributed by atoms with Crippen LogP contribution in [0, 0.1) is 0 Å². The van der Waals surface area contributed by atoms with E-state index in [1.165, 1.54) is 19.3 Å². The Bertz CT molecular complexity index is 307. The molecule has 84 valence electrons. The molecule has 0 bridgehead atoms. The molecule has 1 aliphatic rings. The predicted octanol–water partition coefficient (Wildman–Crippen LogP) is 3.08. The fraction of sp³-hybridized carbons (Fsp3) is 0.636. The van der Waals surface area contributed by atoms with Crippen molar-refractivity contribution in [2.24, 2.45) is 0 Å². The molecule has 0 aromatic carbocycles. The first-order chi connectivity index (χ1) is 7.29. The van der Waals surface area contributed by atoms with Crippen LogP contribution in [0.5, 0.6) is 0 Å². The highest BCUT2D eigenvalue weighted by Gasteiger charge is 2.24. The highest BCUT2D eigenvalue weighted by Crippen LogP contribution is 2.32. The zero-order chi connectivity index (χ0) is 10.7. The van der Waals surface area contributed by atoms with E-state index in [4.69, 9.17) is 0 Å². The summed E-state index contributed by atoms with van der Waals surface area (Å²) in [6.07, 6.45) is 4.44. The first-order valence-corrected chi connectivity index (χ1v) is 7.10. The predicted molar refractivity (Wildman–Crippen MR) is 67.2 cm³/mol. The number of thiophene rings is 1. The molecule has 2 nitrogen and oxygen atoms in total. The van der Waals surface area contributed by atoms with Gasteiger partial charge in [-0.2, -0.15) is 0 Å². The van der Waals surface area contributed by atoms with E-state index in [9.17, 15) is 5.11 Å². The normalized spacial score (nSPS) is 24.8. The molecular formula is C11H16BrNOS. The van der Waals surface area contributed by atoms with Crippen molar-refractivity contribution >= 4 is 27.3 Å². The molecule has 0 aliphatic carbocycles. The zero-order valence-corrected chi connectivity index (χ0v) is 11.0. The lowest BCUT2D eigenvalue weighted by molar-refractivity contribution is 0.129. The van der Waals surface area contributed by atoms with E-state index in [0.717, 1.165) is 22.3 Å². The molecule has 2 rings (SSSR count). The van der Waals surface area contributed by atoms with E-state index in [-0.39, 0.29) is 12.1 Å². The molecule has 1 aromatic heterocycles. The van der Waals surface area contributed by atoms with Gasteiger partial charge in [0.05, 0.1) is 0 Å². The second-order valence-corrected chi connectivity index (χ2v) is 5.79. The van der Waals surface area contributed by atoms with Crippen LogP contribution in [-0.2, 0) is 0 Å². The molecule has 1 saturated heterocycles. The van der Waals surface area contributed by atoms with Gasteiger partial charge >= 0.3 is 0 Å². The van der Waals surface area contributed by atoms with E-state index in [1.54, 1.807) is 11.3 Å². The van der Waals surface area contributed by atoms with Gasteiger partial charge in [0, 0.05) is 15.4 Å². The Kier molecular flexibility index (Phi) is 4.20. The summed E-state index contributed by atoms with van der Waals surface area (Å²) in [6, 6.07) is 2.22. The van der Waals surface area contributed by atoms with Gasteiger partial charge in [-0.05, 0) is 46.8 Å². The lowest BCUT2D eigenvalue weighted by Gasteiger charge is -2.21. The van der Waals surface area contributed by atoms with Gasteiger partial charge in [-0.25, -0.2) is 0 Å². The first kappa shape index (κ1) is 11.6. The summed E-state index contributed by atoms with van der Waals surface area (Å²) in [5, 5.41) is 15.7. The minimum Gasteiger partial charge on any atom is -0.386 e. The smallest absolute Gasteiger partial charge is 0.105 e. The SMILES string of the molecule is OC(c1sccc1Br)C1CCCCCN1. The third-order valence-electron chi connectivity index (χ3n) is 2.89. The summed E-state index contributed by atoms with van der Waals surface area (Å²) in [7, 11) is 0. The van der Waals surface area contributed by atoms with Gasteiger partial charge in [0.25, 0.3) is 0 Å². The molecular weight excluding hydrogens is 274 g/mol. The fourth-order valence-corrected chi connectivity index (χ4v) is 3.68. The summed E-state index contributed by atoms with van der Waals surface area (Å²) in [5.74, 6) is 0. The van der Waals surface area contributed by atoms with E-state index >= 15 is 0 Å². The van der Waals surface area contributed by atoms with Crippen LogP contribution < -0.4 is 5.32 Å². The van der Waals surface area contributed by atoms with Gasteiger partial charge in [-0.3, -0.25) is 0 Å². The Hall–Kier alpha value is 0.1000. The molecule has 1 fully saturated rings. The van der Waals surface area contributed by atoms with Crippen molar-refractivity contribution in [1.29, 1.82) is 0 Å². The lowest BCUT2D eigenvalue weighted by Crippen LogP contribution is -2.33. The number of halogens is 1. The number of aliphatic hydroxyl groups excluding tert-OH is 1. The quantitative estimate of drug-likeness (QED) is 0.877. The molecule has 0 spiro atoms. The molecule has 1 aliphatic heterocycles. The highest BCUT2D eigenvalue weighted by atomic mass is 79.9. The van der Waals surface area contributed by atoms with E-state index in [1.807, 2.05) is 11.4 Å². The fourth-order valence-electron chi connectivity index (χ4n) is 2.02. The third kappa shape index (κ3) is 2.81. The van der Waals surface area contributed by atoms with Crippen molar-refractivity contribution in [3.05, 3.63) is 20.8 Å². The van der Waals surface area contributed by atoms with Crippen LogP contribution in [0.25, 0.3) is 0 Å². The van der Waals surface area contributed by atoms with Crippen molar-refractivity contribution in [3.8, 4) is 0 Å². The largest absolute Gasteiger partial charge is 0.386 e. The van der Waals surface area contributed by atoms with Crippen LogP contribution >= 0.6 is 27.3 Å². The average Bonchev–Trinajstić information content (AvgIpc) is 2.53. The number of hydrogen-bond donors (Lipinski definition) is 2. The van der Waals surface area contributed by atoms with Crippen LogP contribution in [0.2, 0.25) is 0 Å². The summed E-state index contributed by atoms with van der Waals surface area (Å²) in [6.45, 7) is 1.03. The first-order valence-electron chi connectivity index (χ1n) is 5.43. The summed E-state index contributed by atoms with van der Waals surface area (Å²) < 4.78 is 1.03. The average molecular weight is 290 g/mol. The summed E-state index contributed by atoms with van der Waals surface area (Å²) >= 11 is 5.10. The molecule has 4 heteroatoms. The van der Waals surface area contributed by atoms with Gasteiger partial charge in [-0.15, -0.1) is 11.3 Å². The molecule has 2 heterocycles. The maximum absolute atomic E-state index is 10.3. The monoisotopic (exact) mass is 289 g/mol. The minimum absolute atomic E-state index is 0.224. The van der Waals surface area contributed by atoms with Crippen molar-refractivity contribution in [1.82, 2.24) is 5.32 Å². The Morgan fingerprint density at radius 1 is 1.47 bits per heavy atom. The highest BCUT2D eigenvalue weighted by molar-refractivity contribution is 9.10. The van der Waals surface area contributed by atoms with Crippen molar-refractivity contribution < 1.29 is 5.11 Å². The van der Waals surface area contributed by atoms with Crippen molar-refractivity contribution in [3.63, 3.8) is 0 Å². The third-order valence-corrected chi connectivity index (χ3v) is 4.83. The van der Waals surface area contributed by atoms with Crippen LogP contribution in [0.15, 0.2) is 15.9 Å². The lowest BCUT2D eigenvalue weighted by atomic mass is 10.0. The van der Waals surface area contributed by atoms with Crippen LogP contribution in [0.4, 0.5) is 0 Å². The number of nitrogens with one attached hydrogen (secondary N) is 1. The Morgan fingerprint density at radius 2 is 2.33 bits per heavy atom. The molecule has 0 radical (unpaired) electrons. The Balaban J connectivity index is 2.06. The standard InChI is InChI=1S/C11H16BrNOS/c12-8-5-7-15-11(8)10(14)9-4-2-1-3-6-13-9/h5,7,9-10,13-14H,1-4,6H2. The van der Waals surface area contributed by atoms with Gasteiger partial charge in [-0.1, -0.05) is 12.8 Å². The van der Waals surface area contributed by atoms with Gasteiger partial charge < -0.3 is 10.4 Å².